The van der Waals surface area contributed by atoms with Crippen LogP contribution in [0.25, 0.3) is 0 Å². The van der Waals surface area contributed by atoms with Crippen molar-refractivity contribution in [3.8, 4) is 0 Å². The summed E-state index contributed by atoms with van der Waals surface area (Å²) >= 11 is 0. The van der Waals surface area contributed by atoms with Gasteiger partial charge in [-0.2, -0.15) is 0 Å². The number of anilines is 2. The summed E-state index contributed by atoms with van der Waals surface area (Å²) < 4.78 is 11.5. The van der Waals surface area contributed by atoms with Gasteiger partial charge in [0.2, 0.25) is 0 Å². The molecule has 0 aromatic heterocycles. The van der Waals surface area contributed by atoms with Gasteiger partial charge in [-0.1, -0.05) is 36.4 Å². The van der Waals surface area contributed by atoms with E-state index < -0.39 is 12.0 Å². The van der Waals surface area contributed by atoms with Crippen molar-refractivity contribution in [1.82, 2.24) is 0 Å². The number of hydrogen-bond donors (Lipinski definition) is 0. The Balaban J connectivity index is 1.67. The molecule has 24 heavy (non-hydrogen) atoms. The number of ether oxygens (including phenoxy) is 2. The molecule has 1 saturated heterocycles. The van der Waals surface area contributed by atoms with E-state index in [9.17, 15) is 4.79 Å². The maximum atomic E-state index is 13.3. The molecule has 0 saturated carbocycles. The van der Waals surface area contributed by atoms with Crippen LogP contribution in [0.1, 0.15) is 17.4 Å². The molecule has 1 atom stereocenters. The second kappa shape index (κ2) is 4.80. The highest BCUT2D eigenvalue weighted by atomic mass is 16.7. The molecular formula is C18H16N2O4. The van der Waals surface area contributed by atoms with Crippen LogP contribution in [0, 0.1) is 0 Å². The lowest BCUT2D eigenvalue weighted by atomic mass is 10.1. The van der Waals surface area contributed by atoms with Gasteiger partial charge in [0.05, 0.1) is 24.6 Å². The van der Waals surface area contributed by atoms with Gasteiger partial charge in [-0.3, -0.25) is 14.8 Å². The Morgan fingerprint density at radius 1 is 1.00 bits per heavy atom. The fourth-order valence-corrected chi connectivity index (χ4v) is 3.70. The lowest BCUT2D eigenvalue weighted by molar-refractivity contribution is -0.182. The Labute approximate surface area is 139 Å². The van der Waals surface area contributed by atoms with E-state index in [1.54, 1.807) is 9.96 Å². The van der Waals surface area contributed by atoms with E-state index in [4.69, 9.17) is 14.3 Å². The maximum Gasteiger partial charge on any atom is 0.295 e. The third kappa shape index (κ3) is 1.62. The molecule has 6 nitrogen and oxygen atoms in total. The predicted molar refractivity (Wildman–Crippen MR) is 86.2 cm³/mol. The van der Waals surface area contributed by atoms with Gasteiger partial charge in [0, 0.05) is 18.2 Å². The van der Waals surface area contributed by atoms with Crippen LogP contribution in [-0.4, -0.2) is 26.2 Å². The summed E-state index contributed by atoms with van der Waals surface area (Å²) in [6.45, 7) is 0.797. The number of fused-ring (bicyclic) bond motifs is 3. The van der Waals surface area contributed by atoms with Gasteiger partial charge >= 0.3 is 0 Å². The minimum Gasteiger partial charge on any atom is -0.336 e. The second-order valence-corrected chi connectivity index (χ2v) is 6.02. The molecule has 0 aliphatic carbocycles. The van der Waals surface area contributed by atoms with Gasteiger partial charge in [-0.25, -0.2) is 4.84 Å². The van der Waals surface area contributed by atoms with Crippen LogP contribution >= 0.6 is 0 Å². The molecule has 0 bridgehead atoms. The molecule has 3 heterocycles. The number of hydrogen-bond acceptors (Lipinski definition) is 5. The van der Waals surface area contributed by atoms with Crippen molar-refractivity contribution in [1.29, 1.82) is 0 Å². The first-order valence-corrected chi connectivity index (χ1v) is 7.93. The molecule has 3 aliphatic heterocycles. The molecule has 2 aromatic carbocycles. The molecule has 3 aliphatic rings. The van der Waals surface area contributed by atoms with Gasteiger partial charge in [0.1, 0.15) is 0 Å². The fourth-order valence-electron chi connectivity index (χ4n) is 3.70. The third-order valence-corrected chi connectivity index (χ3v) is 4.75. The lowest BCUT2D eigenvalue weighted by Gasteiger charge is -2.26. The highest BCUT2D eigenvalue weighted by Gasteiger charge is 2.58. The van der Waals surface area contributed by atoms with Gasteiger partial charge in [0.15, 0.2) is 6.23 Å². The monoisotopic (exact) mass is 324 g/mol. The number of hydroxylamine groups is 1. The first-order valence-electron chi connectivity index (χ1n) is 7.93. The topological polar surface area (TPSA) is 51.2 Å². The first kappa shape index (κ1) is 14.0. The molecule has 1 spiro atoms. The highest BCUT2D eigenvalue weighted by Crippen LogP contribution is 2.51. The van der Waals surface area contributed by atoms with E-state index in [0.717, 1.165) is 22.5 Å². The fraction of sp³-hybridized carbons (Fsp3) is 0.278. The molecule has 0 radical (unpaired) electrons. The van der Waals surface area contributed by atoms with Crippen molar-refractivity contribution in [2.75, 3.05) is 30.2 Å². The van der Waals surface area contributed by atoms with Crippen molar-refractivity contribution in [2.24, 2.45) is 0 Å². The third-order valence-electron chi connectivity index (χ3n) is 4.75. The van der Waals surface area contributed by atoms with E-state index in [0.29, 0.717) is 13.2 Å². The average Bonchev–Trinajstić information content (AvgIpc) is 3.28. The molecule has 2 aromatic rings. The standard InChI is InChI=1S/C18H16N2O4/c1-19-14-8-4-2-6-12(14)16(24-19)20-15-9-5-3-7-13(15)18(17(20)21)22-10-11-23-18/h2-9,16H,10-11H2,1H3. The quantitative estimate of drug-likeness (QED) is 0.806. The van der Waals surface area contributed by atoms with Crippen LogP contribution in [0.4, 0.5) is 11.4 Å². The Bertz CT molecular complexity index is 831. The second-order valence-electron chi connectivity index (χ2n) is 6.02. The van der Waals surface area contributed by atoms with Crippen LogP contribution in [0.5, 0.6) is 0 Å². The van der Waals surface area contributed by atoms with Crippen LogP contribution in [0.15, 0.2) is 48.5 Å². The zero-order chi connectivity index (χ0) is 16.3. The SMILES string of the molecule is CN1OC(N2C(=O)C3(OCCO3)c3ccccc32)c2ccccc21. The van der Waals surface area contributed by atoms with Crippen molar-refractivity contribution in [2.45, 2.75) is 12.0 Å². The van der Waals surface area contributed by atoms with Gasteiger partial charge in [-0.15, -0.1) is 0 Å². The Kier molecular flexibility index (Phi) is 2.79. The Morgan fingerprint density at radius 3 is 2.46 bits per heavy atom. The number of amides is 1. The zero-order valence-corrected chi connectivity index (χ0v) is 13.1. The number of carbonyl (C=O) groups excluding carboxylic acids is 1. The zero-order valence-electron chi connectivity index (χ0n) is 13.1. The summed E-state index contributed by atoms with van der Waals surface area (Å²) in [5, 5.41) is 1.69. The van der Waals surface area contributed by atoms with Gasteiger partial charge in [-0.05, 0) is 12.1 Å². The van der Waals surface area contributed by atoms with Crippen molar-refractivity contribution >= 4 is 17.3 Å². The number of carbonyl (C=O) groups is 1. The molecule has 122 valence electrons. The Hall–Kier alpha value is -2.41. The Morgan fingerprint density at radius 2 is 1.67 bits per heavy atom. The molecule has 1 amide bonds. The van der Waals surface area contributed by atoms with Crippen molar-refractivity contribution in [3.05, 3.63) is 59.7 Å². The van der Waals surface area contributed by atoms with E-state index in [1.807, 2.05) is 55.6 Å². The number of nitrogens with zero attached hydrogens (tertiary/aromatic N) is 2. The van der Waals surface area contributed by atoms with Gasteiger partial charge < -0.3 is 9.47 Å². The van der Waals surface area contributed by atoms with Crippen molar-refractivity contribution < 1.29 is 19.1 Å². The summed E-state index contributed by atoms with van der Waals surface area (Å²) in [4.78, 5) is 20.9. The number of para-hydroxylation sites is 2. The van der Waals surface area contributed by atoms with Crippen LogP contribution in [-0.2, 0) is 24.9 Å². The van der Waals surface area contributed by atoms with Crippen molar-refractivity contribution in [3.63, 3.8) is 0 Å². The lowest BCUT2D eigenvalue weighted by Crippen LogP contribution is -2.43. The molecule has 5 rings (SSSR count). The van der Waals surface area contributed by atoms with E-state index in [-0.39, 0.29) is 5.91 Å². The number of benzene rings is 2. The molecule has 1 unspecified atom stereocenters. The average molecular weight is 324 g/mol. The van der Waals surface area contributed by atoms with Crippen LogP contribution < -0.4 is 9.96 Å². The summed E-state index contributed by atoms with van der Waals surface area (Å²) in [6, 6.07) is 15.4. The van der Waals surface area contributed by atoms with Gasteiger partial charge in [0.25, 0.3) is 11.7 Å². The molecule has 0 N–H and O–H groups in total. The molecule has 6 heteroatoms. The minimum absolute atomic E-state index is 0.240. The summed E-state index contributed by atoms with van der Waals surface area (Å²) in [5.74, 6) is -1.58. The minimum atomic E-state index is -1.34. The highest BCUT2D eigenvalue weighted by molar-refractivity contribution is 6.06. The van der Waals surface area contributed by atoms with Crippen LogP contribution in [0.2, 0.25) is 0 Å². The normalized spacial score (nSPS) is 23.9. The largest absolute Gasteiger partial charge is 0.336 e. The maximum absolute atomic E-state index is 13.3. The van der Waals surface area contributed by atoms with E-state index in [1.165, 1.54) is 0 Å². The van der Waals surface area contributed by atoms with E-state index >= 15 is 0 Å². The predicted octanol–water partition coefficient (Wildman–Crippen LogP) is 2.31. The molecule has 1 fully saturated rings. The number of rotatable bonds is 1. The smallest absolute Gasteiger partial charge is 0.295 e. The summed E-state index contributed by atoms with van der Waals surface area (Å²) in [5.41, 5.74) is 3.39. The summed E-state index contributed by atoms with van der Waals surface area (Å²) in [7, 11) is 1.84. The first-order chi connectivity index (χ1) is 11.7. The van der Waals surface area contributed by atoms with E-state index in [2.05, 4.69) is 0 Å². The van der Waals surface area contributed by atoms with Crippen LogP contribution in [0.3, 0.4) is 0 Å². The molecular weight excluding hydrogens is 308 g/mol. The summed E-state index contributed by atoms with van der Waals surface area (Å²) in [6.07, 6.45) is -0.535.